The van der Waals surface area contributed by atoms with Crippen molar-refractivity contribution in [1.29, 1.82) is 0 Å². The summed E-state index contributed by atoms with van der Waals surface area (Å²) in [6.45, 7) is 4.12. The Morgan fingerprint density at radius 2 is 2.29 bits per heavy atom. The highest BCUT2D eigenvalue weighted by Crippen LogP contribution is 2.08. The molecule has 0 saturated carbocycles. The molecule has 0 fully saturated rings. The second kappa shape index (κ2) is 6.39. The van der Waals surface area contributed by atoms with E-state index in [-0.39, 0.29) is 0 Å². The number of nitrogens with one attached hydrogen (secondary N) is 1. The summed E-state index contributed by atoms with van der Waals surface area (Å²) in [4.78, 5) is 8.58. The molecule has 0 spiro atoms. The summed E-state index contributed by atoms with van der Waals surface area (Å²) in [5.41, 5.74) is 0. The average Bonchev–Trinajstić information content (AvgIpc) is 2.98. The van der Waals surface area contributed by atoms with Gasteiger partial charge in [-0.15, -0.1) is 11.3 Å². The minimum Gasteiger partial charge on any atom is -0.355 e. The van der Waals surface area contributed by atoms with Crippen molar-refractivity contribution in [2.75, 3.05) is 11.9 Å². The van der Waals surface area contributed by atoms with Gasteiger partial charge in [0.15, 0.2) is 0 Å². The maximum Gasteiger partial charge on any atom is 0.202 e. The lowest BCUT2D eigenvalue weighted by molar-refractivity contribution is 0.635. The van der Waals surface area contributed by atoms with Gasteiger partial charge in [-0.1, -0.05) is 13.3 Å². The van der Waals surface area contributed by atoms with Crippen LogP contribution in [0.1, 0.15) is 24.8 Å². The number of nitrogens with zero attached hydrogens (tertiary/aromatic N) is 3. The first-order valence-electron chi connectivity index (χ1n) is 6.03. The van der Waals surface area contributed by atoms with Gasteiger partial charge in [-0.2, -0.15) is 0 Å². The second-order valence-electron chi connectivity index (χ2n) is 3.90. The Balaban J connectivity index is 1.80. The number of rotatable bonds is 7. The summed E-state index contributed by atoms with van der Waals surface area (Å²) >= 11 is 1.70. The Kier molecular flexibility index (Phi) is 4.55. The van der Waals surface area contributed by atoms with Crippen LogP contribution in [0.2, 0.25) is 0 Å². The third kappa shape index (κ3) is 3.56. The molecule has 5 heteroatoms. The lowest BCUT2D eigenvalue weighted by Gasteiger charge is -2.08. The van der Waals surface area contributed by atoms with Crippen LogP contribution >= 0.6 is 11.3 Å². The molecule has 0 radical (unpaired) electrons. The monoisotopic (exact) mass is 250 g/mol. The third-order valence-electron chi connectivity index (χ3n) is 2.57. The fourth-order valence-electron chi connectivity index (χ4n) is 1.64. The molecule has 0 unspecified atom stereocenters. The largest absolute Gasteiger partial charge is 0.355 e. The summed E-state index contributed by atoms with van der Waals surface area (Å²) in [5, 5.41) is 6.54. The summed E-state index contributed by atoms with van der Waals surface area (Å²) in [6.07, 6.45) is 9.08. The van der Waals surface area contributed by atoms with Crippen LogP contribution < -0.4 is 5.32 Å². The van der Waals surface area contributed by atoms with E-state index in [0.717, 1.165) is 25.5 Å². The lowest BCUT2D eigenvalue weighted by Crippen LogP contribution is -2.10. The van der Waals surface area contributed by atoms with Crippen LogP contribution in [0.4, 0.5) is 5.95 Å². The van der Waals surface area contributed by atoms with Crippen molar-refractivity contribution in [2.24, 2.45) is 0 Å². The van der Waals surface area contributed by atoms with Crippen molar-refractivity contribution in [3.8, 4) is 0 Å². The van der Waals surface area contributed by atoms with Crippen molar-refractivity contribution in [3.05, 3.63) is 29.0 Å². The van der Waals surface area contributed by atoms with Gasteiger partial charge in [-0.3, -0.25) is 0 Å². The summed E-state index contributed by atoms with van der Waals surface area (Å²) in [6, 6.07) is 0. The number of hydrogen-bond acceptors (Lipinski definition) is 4. The molecule has 0 bridgehead atoms. The van der Waals surface area contributed by atoms with Crippen molar-refractivity contribution in [3.63, 3.8) is 0 Å². The molecule has 0 aliphatic heterocycles. The van der Waals surface area contributed by atoms with Gasteiger partial charge < -0.3 is 9.88 Å². The van der Waals surface area contributed by atoms with E-state index in [2.05, 4.69) is 26.8 Å². The van der Waals surface area contributed by atoms with E-state index in [0.29, 0.717) is 0 Å². The van der Waals surface area contributed by atoms with Crippen LogP contribution in [0.5, 0.6) is 0 Å². The first-order chi connectivity index (χ1) is 8.40. The number of hydrogen-bond donors (Lipinski definition) is 1. The summed E-state index contributed by atoms with van der Waals surface area (Å²) < 4.78 is 2.17. The highest BCUT2D eigenvalue weighted by Gasteiger charge is 2.01. The van der Waals surface area contributed by atoms with Crippen LogP contribution in [-0.2, 0) is 13.0 Å². The van der Waals surface area contributed by atoms with Crippen LogP contribution in [0.3, 0.4) is 0 Å². The number of thiazole rings is 1. The van der Waals surface area contributed by atoms with Gasteiger partial charge in [0, 0.05) is 43.5 Å². The molecule has 0 aromatic carbocycles. The van der Waals surface area contributed by atoms with Crippen molar-refractivity contribution >= 4 is 17.3 Å². The molecule has 0 saturated heterocycles. The standard InChI is InChI=1S/C12H18N4S/c1-2-3-8-16-9-6-15-12(16)14-5-4-11-13-7-10-17-11/h6-7,9-10H,2-5,8H2,1H3,(H,14,15). The van der Waals surface area contributed by atoms with Crippen LogP contribution in [0.15, 0.2) is 24.0 Å². The van der Waals surface area contributed by atoms with Gasteiger partial charge in [0.05, 0.1) is 5.01 Å². The molecule has 92 valence electrons. The summed E-state index contributed by atoms with van der Waals surface area (Å²) in [7, 11) is 0. The van der Waals surface area contributed by atoms with E-state index in [1.54, 1.807) is 11.3 Å². The predicted octanol–water partition coefficient (Wildman–Crippen LogP) is 2.79. The molecule has 0 atom stereocenters. The van der Waals surface area contributed by atoms with Gasteiger partial charge in [0.1, 0.15) is 0 Å². The average molecular weight is 250 g/mol. The van der Waals surface area contributed by atoms with Gasteiger partial charge in [-0.25, -0.2) is 9.97 Å². The molecule has 4 nitrogen and oxygen atoms in total. The van der Waals surface area contributed by atoms with Crippen molar-refractivity contribution in [2.45, 2.75) is 32.7 Å². The Hall–Kier alpha value is -1.36. The minimum absolute atomic E-state index is 0.886. The second-order valence-corrected chi connectivity index (χ2v) is 4.88. The van der Waals surface area contributed by atoms with E-state index in [1.807, 2.05) is 24.0 Å². The van der Waals surface area contributed by atoms with Crippen LogP contribution in [-0.4, -0.2) is 21.1 Å². The van der Waals surface area contributed by atoms with E-state index < -0.39 is 0 Å². The molecule has 2 rings (SSSR count). The van der Waals surface area contributed by atoms with Gasteiger partial charge in [0.2, 0.25) is 5.95 Å². The molecule has 2 heterocycles. The Morgan fingerprint density at radius 3 is 3.06 bits per heavy atom. The molecule has 2 aromatic rings. The van der Waals surface area contributed by atoms with Crippen LogP contribution in [0.25, 0.3) is 0 Å². The predicted molar refractivity (Wildman–Crippen MR) is 71.4 cm³/mol. The first-order valence-corrected chi connectivity index (χ1v) is 6.91. The Labute approximate surface area is 106 Å². The SMILES string of the molecule is CCCCn1ccnc1NCCc1nccs1. The zero-order valence-electron chi connectivity index (χ0n) is 10.1. The van der Waals surface area contributed by atoms with Crippen LogP contribution in [0, 0.1) is 0 Å². The molecule has 0 amide bonds. The zero-order valence-corrected chi connectivity index (χ0v) is 10.9. The van der Waals surface area contributed by atoms with E-state index >= 15 is 0 Å². The van der Waals surface area contributed by atoms with Gasteiger partial charge in [0.25, 0.3) is 0 Å². The summed E-state index contributed by atoms with van der Waals surface area (Å²) in [5.74, 6) is 0.968. The van der Waals surface area contributed by atoms with Crippen molar-refractivity contribution < 1.29 is 0 Å². The highest BCUT2D eigenvalue weighted by atomic mass is 32.1. The fourth-order valence-corrected chi connectivity index (χ4v) is 2.26. The number of aromatic nitrogens is 3. The molecular formula is C12H18N4S. The number of unbranched alkanes of at least 4 members (excludes halogenated alkanes) is 1. The molecule has 0 aliphatic carbocycles. The molecule has 1 N–H and O–H groups in total. The lowest BCUT2D eigenvalue weighted by atomic mass is 10.3. The molecular weight excluding hydrogens is 232 g/mol. The van der Waals surface area contributed by atoms with Gasteiger partial charge in [-0.05, 0) is 6.42 Å². The first kappa shape index (κ1) is 12.1. The molecule has 17 heavy (non-hydrogen) atoms. The zero-order chi connectivity index (χ0) is 11.9. The smallest absolute Gasteiger partial charge is 0.202 e. The van der Waals surface area contributed by atoms with Gasteiger partial charge >= 0.3 is 0 Å². The number of anilines is 1. The number of imidazole rings is 1. The Bertz CT molecular complexity index is 421. The number of aryl methyl sites for hydroxylation is 1. The fraction of sp³-hybridized carbons (Fsp3) is 0.500. The maximum absolute atomic E-state index is 4.32. The third-order valence-corrected chi connectivity index (χ3v) is 3.41. The normalized spacial score (nSPS) is 10.6. The van der Waals surface area contributed by atoms with E-state index in [4.69, 9.17) is 0 Å². The minimum atomic E-state index is 0.886. The highest BCUT2D eigenvalue weighted by molar-refractivity contribution is 7.09. The molecule has 0 aliphatic rings. The maximum atomic E-state index is 4.32. The van der Waals surface area contributed by atoms with E-state index in [1.165, 1.54) is 17.8 Å². The topological polar surface area (TPSA) is 42.7 Å². The molecule has 2 aromatic heterocycles. The van der Waals surface area contributed by atoms with E-state index in [9.17, 15) is 0 Å². The Morgan fingerprint density at radius 1 is 1.35 bits per heavy atom. The van der Waals surface area contributed by atoms with Crippen molar-refractivity contribution in [1.82, 2.24) is 14.5 Å². The quantitative estimate of drug-likeness (QED) is 0.821.